The van der Waals surface area contributed by atoms with Gasteiger partial charge in [-0.05, 0) is 62.7 Å². The molecule has 2 N–H and O–H groups in total. The second-order valence-corrected chi connectivity index (χ2v) is 7.52. The normalized spacial score (nSPS) is 46.1. The summed E-state index contributed by atoms with van der Waals surface area (Å²) in [5, 5.41) is 0. The highest BCUT2D eigenvalue weighted by atomic mass is 35.5. The molecule has 4 fully saturated rings. The van der Waals surface area contributed by atoms with E-state index < -0.39 is 0 Å². The Morgan fingerprint density at radius 1 is 1.00 bits per heavy atom. The van der Waals surface area contributed by atoms with E-state index in [0.29, 0.717) is 35.7 Å². The lowest BCUT2D eigenvalue weighted by molar-refractivity contribution is -0.140. The summed E-state index contributed by atoms with van der Waals surface area (Å²) >= 11 is 0. The average Bonchev–Trinajstić information content (AvgIpc) is 2.99. The van der Waals surface area contributed by atoms with Gasteiger partial charge in [-0.2, -0.15) is 0 Å². The number of nitrogens with two attached hydrogens (primary N) is 1. The van der Waals surface area contributed by atoms with Gasteiger partial charge in [0, 0.05) is 24.5 Å². The number of rotatable bonds is 1. The zero-order chi connectivity index (χ0) is 13.0. The van der Waals surface area contributed by atoms with Gasteiger partial charge in [0.15, 0.2) is 0 Å². The summed E-state index contributed by atoms with van der Waals surface area (Å²) in [5.74, 6) is 2.85. The number of likely N-dealkylation sites (tertiary alicyclic amines) is 1. The highest BCUT2D eigenvalue weighted by Crippen LogP contribution is 2.44. The van der Waals surface area contributed by atoms with Gasteiger partial charge < -0.3 is 10.6 Å². The topological polar surface area (TPSA) is 46.3 Å². The first-order valence-corrected chi connectivity index (χ1v) is 8.28. The molecule has 1 heterocycles. The van der Waals surface area contributed by atoms with Crippen LogP contribution in [0.25, 0.3) is 0 Å². The fourth-order valence-corrected chi connectivity index (χ4v) is 5.42. The van der Waals surface area contributed by atoms with E-state index in [9.17, 15) is 4.79 Å². The van der Waals surface area contributed by atoms with Crippen molar-refractivity contribution in [3.8, 4) is 0 Å². The Balaban J connectivity index is 0.00000121. The van der Waals surface area contributed by atoms with Crippen LogP contribution in [-0.4, -0.2) is 29.4 Å². The highest BCUT2D eigenvalue weighted by molar-refractivity contribution is 5.85. The number of carbonyl (C=O) groups excluding carboxylic acids is 1. The monoisotopic (exact) mass is 298 g/mol. The summed E-state index contributed by atoms with van der Waals surface area (Å²) in [5.41, 5.74) is 6.34. The molecule has 4 bridgehead atoms. The molecule has 0 aromatic carbocycles. The second kappa shape index (κ2) is 5.49. The third-order valence-corrected chi connectivity index (χ3v) is 6.45. The molecule has 3 aliphatic carbocycles. The quantitative estimate of drug-likeness (QED) is 0.809. The minimum Gasteiger partial charge on any atom is -0.339 e. The van der Waals surface area contributed by atoms with E-state index in [2.05, 4.69) is 4.90 Å². The van der Waals surface area contributed by atoms with Gasteiger partial charge in [-0.3, -0.25) is 4.79 Å². The smallest absolute Gasteiger partial charge is 0.225 e. The third kappa shape index (κ3) is 2.27. The van der Waals surface area contributed by atoms with Gasteiger partial charge in [0.1, 0.15) is 0 Å². The van der Waals surface area contributed by atoms with E-state index in [0.717, 1.165) is 25.3 Å². The standard InChI is InChI=1S/C16H26N2O.ClH/c17-15-11-2-1-3-12(15)8-13(7-11)16(19)18-9-10-4-5-14(18)6-10;/h10-15H,1-9,17H2;1H. The summed E-state index contributed by atoms with van der Waals surface area (Å²) in [7, 11) is 0. The number of hydrogen-bond acceptors (Lipinski definition) is 2. The largest absolute Gasteiger partial charge is 0.339 e. The Bertz CT molecular complexity index is 375. The molecule has 4 atom stereocenters. The van der Waals surface area contributed by atoms with Crippen molar-refractivity contribution in [1.29, 1.82) is 0 Å². The molecular formula is C16H27ClN2O. The predicted molar refractivity (Wildman–Crippen MR) is 81.6 cm³/mol. The maximum Gasteiger partial charge on any atom is 0.225 e. The van der Waals surface area contributed by atoms with Crippen molar-refractivity contribution in [3.05, 3.63) is 0 Å². The van der Waals surface area contributed by atoms with Crippen LogP contribution in [0.3, 0.4) is 0 Å². The van der Waals surface area contributed by atoms with Gasteiger partial charge in [-0.1, -0.05) is 6.42 Å². The van der Waals surface area contributed by atoms with Crippen molar-refractivity contribution >= 4 is 18.3 Å². The van der Waals surface area contributed by atoms with E-state index in [4.69, 9.17) is 5.73 Å². The molecule has 1 amide bonds. The van der Waals surface area contributed by atoms with Crippen molar-refractivity contribution in [3.63, 3.8) is 0 Å². The summed E-state index contributed by atoms with van der Waals surface area (Å²) in [6.07, 6.45) is 9.89. The molecule has 20 heavy (non-hydrogen) atoms. The molecule has 1 saturated heterocycles. The molecular weight excluding hydrogens is 272 g/mol. The van der Waals surface area contributed by atoms with Crippen LogP contribution in [0.1, 0.15) is 51.4 Å². The summed E-state index contributed by atoms with van der Waals surface area (Å²) in [6.45, 7) is 1.06. The van der Waals surface area contributed by atoms with E-state index in [1.807, 2.05) is 0 Å². The lowest BCUT2D eigenvalue weighted by Crippen LogP contribution is -2.50. The van der Waals surface area contributed by atoms with Crippen LogP contribution >= 0.6 is 12.4 Å². The van der Waals surface area contributed by atoms with E-state index in [-0.39, 0.29) is 12.4 Å². The Kier molecular flexibility index (Phi) is 4.02. The van der Waals surface area contributed by atoms with Crippen LogP contribution < -0.4 is 5.73 Å². The fourth-order valence-electron chi connectivity index (χ4n) is 5.42. The highest BCUT2D eigenvalue weighted by Gasteiger charge is 2.46. The van der Waals surface area contributed by atoms with Gasteiger partial charge in [-0.25, -0.2) is 0 Å². The first-order valence-electron chi connectivity index (χ1n) is 8.28. The lowest BCUT2D eigenvalue weighted by Gasteiger charge is -2.45. The first-order chi connectivity index (χ1) is 9.22. The van der Waals surface area contributed by atoms with Crippen LogP contribution in [0.15, 0.2) is 0 Å². The van der Waals surface area contributed by atoms with Crippen molar-refractivity contribution in [2.75, 3.05) is 6.54 Å². The lowest BCUT2D eigenvalue weighted by atomic mass is 9.65. The molecule has 3 nitrogen and oxygen atoms in total. The Morgan fingerprint density at radius 3 is 2.25 bits per heavy atom. The third-order valence-electron chi connectivity index (χ3n) is 6.45. The molecule has 4 aliphatic rings. The fraction of sp³-hybridized carbons (Fsp3) is 0.938. The second-order valence-electron chi connectivity index (χ2n) is 7.52. The van der Waals surface area contributed by atoms with Gasteiger partial charge in [0.25, 0.3) is 0 Å². The number of nitrogens with zero attached hydrogens (tertiary/aromatic N) is 1. The molecule has 0 spiro atoms. The van der Waals surface area contributed by atoms with Gasteiger partial charge >= 0.3 is 0 Å². The molecule has 3 saturated carbocycles. The van der Waals surface area contributed by atoms with Crippen molar-refractivity contribution in [2.45, 2.75) is 63.5 Å². The van der Waals surface area contributed by atoms with E-state index in [1.54, 1.807) is 0 Å². The number of piperidine rings is 1. The summed E-state index contributed by atoms with van der Waals surface area (Å²) < 4.78 is 0. The van der Waals surface area contributed by atoms with Crippen molar-refractivity contribution < 1.29 is 4.79 Å². The average molecular weight is 299 g/mol. The van der Waals surface area contributed by atoms with E-state index in [1.165, 1.54) is 38.5 Å². The number of carbonyl (C=O) groups is 1. The Hall–Kier alpha value is -0.280. The number of hydrogen-bond donors (Lipinski definition) is 1. The van der Waals surface area contributed by atoms with Gasteiger partial charge in [0.05, 0.1) is 0 Å². The predicted octanol–water partition coefficient (Wildman–Crippen LogP) is 2.57. The molecule has 0 radical (unpaired) electrons. The maximum atomic E-state index is 12.8. The van der Waals surface area contributed by atoms with Crippen molar-refractivity contribution in [2.24, 2.45) is 29.4 Å². The molecule has 114 valence electrons. The molecule has 4 rings (SSSR count). The SMILES string of the molecule is Cl.NC1C2CCCC1CC(C(=O)N1CC3CCC1C3)C2. The maximum absolute atomic E-state index is 12.8. The Labute approximate surface area is 128 Å². The van der Waals surface area contributed by atoms with Crippen LogP contribution in [0.4, 0.5) is 0 Å². The van der Waals surface area contributed by atoms with Crippen LogP contribution in [-0.2, 0) is 4.79 Å². The van der Waals surface area contributed by atoms with Crippen LogP contribution in [0.2, 0.25) is 0 Å². The minimum absolute atomic E-state index is 0. The molecule has 0 aromatic heterocycles. The van der Waals surface area contributed by atoms with Gasteiger partial charge in [0.2, 0.25) is 5.91 Å². The number of amides is 1. The number of halogens is 1. The number of fused-ring (bicyclic) bond motifs is 4. The minimum atomic E-state index is 0. The molecule has 4 unspecified atom stereocenters. The van der Waals surface area contributed by atoms with Crippen LogP contribution in [0.5, 0.6) is 0 Å². The molecule has 1 aliphatic heterocycles. The van der Waals surface area contributed by atoms with Crippen LogP contribution in [0, 0.1) is 23.7 Å². The Morgan fingerprint density at radius 2 is 1.70 bits per heavy atom. The first kappa shape index (κ1) is 14.6. The van der Waals surface area contributed by atoms with Gasteiger partial charge in [-0.15, -0.1) is 12.4 Å². The zero-order valence-corrected chi connectivity index (χ0v) is 13.0. The zero-order valence-electron chi connectivity index (χ0n) is 12.2. The molecule has 4 heteroatoms. The summed E-state index contributed by atoms with van der Waals surface area (Å²) in [4.78, 5) is 15.1. The van der Waals surface area contributed by atoms with Crippen molar-refractivity contribution in [1.82, 2.24) is 4.90 Å². The summed E-state index contributed by atoms with van der Waals surface area (Å²) in [6, 6.07) is 0.973. The molecule has 0 aromatic rings. The van der Waals surface area contributed by atoms with E-state index >= 15 is 0 Å².